The Kier molecular flexibility index (Phi) is 4.92. The Morgan fingerprint density at radius 3 is 1.86 bits per heavy atom. The van der Waals surface area contributed by atoms with E-state index >= 15 is 0 Å². The van der Waals surface area contributed by atoms with Crippen LogP contribution in [0.1, 0.15) is 19.3 Å². The van der Waals surface area contributed by atoms with Crippen LogP contribution in [0.3, 0.4) is 0 Å². The first-order valence-electron chi connectivity index (χ1n) is 7.47. The first-order chi connectivity index (χ1) is 10.4. The maximum atomic E-state index is 6.15. The van der Waals surface area contributed by atoms with Gasteiger partial charge in [0.2, 0.25) is 0 Å². The van der Waals surface area contributed by atoms with Crippen molar-refractivity contribution in [2.24, 2.45) is 0 Å². The molecular weight excluding hydrogens is 280 g/mol. The van der Waals surface area contributed by atoms with E-state index in [0.717, 1.165) is 30.9 Å². The molecule has 2 aromatic carbocycles. The molecule has 2 aromatic rings. The Labute approximate surface area is 127 Å². The molecule has 1 atom stereocenters. The van der Waals surface area contributed by atoms with Crippen molar-refractivity contribution in [3.8, 4) is 11.5 Å². The van der Waals surface area contributed by atoms with Crippen molar-refractivity contribution in [1.82, 2.24) is 0 Å². The average molecular weight is 300 g/mol. The zero-order valence-corrected chi connectivity index (χ0v) is 13.1. The fraction of sp³-hybridized carbons (Fsp3) is 0.294. The summed E-state index contributed by atoms with van der Waals surface area (Å²) in [6.07, 6.45) is 3.34. The van der Waals surface area contributed by atoms with Crippen molar-refractivity contribution < 1.29 is 13.6 Å². The lowest BCUT2D eigenvalue weighted by Crippen LogP contribution is -2.46. The molecule has 0 radical (unpaired) electrons. The van der Waals surface area contributed by atoms with Crippen molar-refractivity contribution in [2.45, 2.75) is 25.0 Å². The molecule has 0 spiro atoms. The highest BCUT2D eigenvalue weighted by molar-refractivity contribution is 6.48. The molecule has 0 aromatic heterocycles. The van der Waals surface area contributed by atoms with Crippen LogP contribution in [0.2, 0.25) is 0 Å². The summed E-state index contributed by atoms with van der Waals surface area (Å²) in [6, 6.07) is 19.8. The van der Waals surface area contributed by atoms with E-state index in [4.69, 9.17) is 13.6 Å². The van der Waals surface area contributed by atoms with Gasteiger partial charge < -0.3 is 13.6 Å². The fourth-order valence-corrected chi connectivity index (χ4v) is 4.43. The zero-order chi connectivity index (χ0) is 14.3. The van der Waals surface area contributed by atoms with Gasteiger partial charge in [-0.05, 0) is 43.5 Å². The summed E-state index contributed by atoms with van der Waals surface area (Å²) in [4.78, 5) is 0. The highest BCUT2D eigenvalue weighted by Crippen LogP contribution is 2.21. The molecule has 110 valence electrons. The van der Waals surface area contributed by atoms with E-state index in [-0.39, 0.29) is 5.73 Å². The Balaban J connectivity index is 1.73. The van der Waals surface area contributed by atoms with Gasteiger partial charge >= 0.3 is 9.28 Å². The Hall–Kier alpha value is -1.78. The van der Waals surface area contributed by atoms with Gasteiger partial charge in [0.1, 0.15) is 17.2 Å². The SMILES string of the molecule is c1ccc(O[SiH](Oc2ccccc2)C2CCCCO2)cc1. The van der Waals surface area contributed by atoms with Crippen molar-refractivity contribution in [1.29, 1.82) is 0 Å². The molecule has 0 amide bonds. The number of ether oxygens (including phenoxy) is 1. The maximum Gasteiger partial charge on any atom is 0.474 e. The third kappa shape index (κ3) is 4.09. The second kappa shape index (κ2) is 7.29. The summed E-state index contributed by atoms with van der Waals surface area (Å²) >= 11 is 0. The molecule has 1 fully saturated rings. The largest absolute Gasteiger partial charge is 0.513 e. The average Bonchev–Trinajstić information content (AvgIpc) is 2.57. The molecular formula is C17H20O3Si. The lowest BCUT2D eigenvalue weighted by Gasteiger charge is -2.29. The summed E-state index contributed by atoms with van der Waals surface area (Å²) in [5.74, 6) is 1.72. The van der Waals surface area contributed by atoms with Crippen molar-refractivity contribution in [3.05, 3.63) is 60.7 Å². The van der Waals surface area contributed by atoms with Crippen LogP contribution in [-0.2, 0) is 4.74 Å². The zero-order valence-electron chi connectivity index (χ0n) is 12.0. The molecule has 1 heterocycles. The third-order valence-corrected chi connectivity index (χ3v) is 5.65. The van der Waals surface area contributed by atoms with Crippen LogP contribution < -0.4 is 8.85 Å². The van der Waals surface area contributed by atoms with Crippen LogP contribution in [0.15, 0.2) is 60.7 Å². The van der Waals surface area contributed by atoms with Crippen LogP contribution in [0.5, 0.6) is 11.5 Å². The first-order valence-corrected chi connectivity index (χ1v) is 9.08. The Morgan fingerprint density at radius 1 is 0.810 bits per heavy atom. The normalized spacial score (nSPS) is 18.4. The molecule has 0 saturated carbocycles. The fourth-order valence-electron chi connectivity index (χ4n) is 2.42. The monoisotopic (exact) mass is 300 g/mol. The first kappa shape index (κ1) is 14.2. The van der Waals surface area contributed by atoms with Crippen LogP contribution in [-0.4, -0.2) is 21.6 Å². The van der Waals surface area contributed by atoms with E-state index in [1.165, 1.54) is 6.42 Å². The van der Waals surface area contributed by atoms with Crippen LogP contribution >= 0.6 is 0 Å². The van der Waals surface area contributed by atoms with E-state index in [2.05, 4.69) is 0 Å². The number of para-hydroxylation sites is 2. The van der Waals surface area contributed by atoms with E-state index < -0.39 is 9.28 Å². The molecule has 1 unspecified atom stereocenters. The predicted molar refractivity (Wildman–Crippen MR) is 84.9 cm³/mol. The Morgan fingerprint density at radius 2 is 1.38 bits per heavy atom. The van der Waals surface area contributed by atoms with Gasteiger partial charge in [-0.2, -0.15) is 0 Å². The van der Waals surface area contributed by atoms with E-state index in [9.17, 15) is 0 Å². The third-order valence-electron chi connectivity index (χ3n) is 3.51. The molecule has 3 nitrogen and oxygen atoms in total. The maximum absolute atomic E-state index is 6.15. The number of hydrogen-bond donors (Lipinski definition) is 0. The van der Waals surface area contributed by atoms with Gasteiger partial charge in [0.25, 0.3) is 0 Å². The molecule has 1 aliphatic rings. The smallest absolute Gasteiger partial charge is 0.474 e. The minimum atomic E-state index is -1.99. The molecule has 0 N–H and O–H groups in total. The van der Waals surface area contributed by atoms with Crippen molar-refractivity contribution >= 4 is 9.28 Å². The quantitative estimate of drug-likeness (QED) is 0.791. The predicted octanol–water partition coefficient (Wildman–Crippen LogP) is 3.47. The second-order valence-corrected chi connectivity index (χ2v) is 7.09. The minimum absolute atomic E-state index is 0.110. The number of benzene rings is 2. The summed E-state index contributed by atoms with van der Waals surface area (Å²) in [5.41, 5.74) is 0.110. The van der Waals surface area contributed by atoms with Gasteiger partial charge in [-0.3, -0.25) is 0 Å². The summed E-state index contributed by atoms with van der Waals surface area (Å²) in [6.45, 7) is 0.810. The molecule has 0 bridgehead atoms. The standard InChI is InChI=1S/C17H20O3Si/c1-3-9-15(10-4-1)19-21(17-13-7-8-14-18-17)20-16-11-5-2-6-12-16/h1-6,9-12,17,21H,7-8,13-14H2. The van der Waals surface area contributed by atoms with Gasteiger partial charge in [-0.1, -0.05) is 36.4 Å². The van der Waals surface area contributed by atoms with Gasteiger partial charge in [0.05, 0.1) is 0 Å². The lowest BCUT2D eigenvalue weighted by atomic mass is 10.2. The van der Waals surface area contributed by atoms with Crippen LogP contribution in [0.4, 0.5) is 0 Å². The molecule has 21 heavy (non-hydrogen) atoms. The summed E-state index contributed by atoms with van der Waals surface area (Å²) in [5, 5.41) is 0. The van der Waals surface area contributed by atoms with E-state index in [1.54, 1.807) is 0 Å². The highest BCUT2D eigenvalue weighted by Gasteiger charge is 2.32. The van der Waals surface area contributed by atoms with Crippen molar-refractivity contribution in [2.75, 3.05) is 6.61 Å². The molecule has 4 heteroatoms. The topological polar surface area (TPSA) is 27.7 Å². The van der Waals surface area contributed by atoms with E-state index in [1.807, 2.05) is 60.7 Å². The van der Waals surface area contributed by atoms with Gasteiger partial charge in [0.15, 0.2) is 0 Å². The minimum Gasteiger partial charge on any atom is -0.513 e. The second-order valence-electron chi connectivity index (χ2n) is 5.14. The van der Waals surface area contributed by atoms with E-state index in [0.29, 0.717) is 0 Å². The molecule has 1 saturated heterocycles. The van der Waals surface area contributed by atoms with Crippen molar-refractivity contribution in [3.63, 3.8) is 0 Å². The number of hydrogen-bond acceptors (Lipinski definition) is 3. The molecule has 0 aliphatic carbocycles. The van der Waals surface area contributed by atoms with Gasteiger partial charge in [0, 0.05) is 6.61 Å². The molecule has 3 rings (SSSR count). The van der Waals surface area contributed by atoms with Crippen LogP contribution in [0, 0.1) is 0 Å². The summed E-state index contributed by atoms with van der Waals surface area (Å²) in [7, 11) is -1.99. The Bertz CT molecular complexity index is 485. The van der Waals surface area contributed by atoms with Crippen LogP contribution in [0.25, 0.3) is 0 Å². The highest BCUT2D eigenvalue weighted by atomic mass is 28.3. The van der Waals surface area contributed by atoms with Gasteiger partial charge in [-0.15, -0.1) is 0 Å². The molecule has 1 aliphatic heterocycles. The van der Waals surface area contributed by atoms with Gasteiger partial charge in [-0.25, -0.2) is 0 Å². The summed E-state index contributed by atoms with van der Waals surface area (Å²) < 4.78 is 18.2. The lowest BCUT2D eigenvalue weighted by molar-refractivity contribution is 0.0468. The number of rotatable bonds is 5.